The maximum atomic E-state index is 13.6. The van der Waals surface area contributed by atoms with Crippen molar-refractivity contribution in [3.63, 3.8) is 0 Å². The third kappa shape index (κ3) is 6.25. The van der Waals surface area contributed by atoms with Crippen molar-refractivity contribution < 1.29 is 14.3 Å². The molecule has 1 amide bonds. The number of H-pyrrole nitrogens is 1. The number of carbonyl (C=O) groups is 1. The number of rotatable bonds is 11. The van der Waals surface area contributed by atoms with Crippen molar-refractivity contribution in [2.24, 2.45) is 0 Å². The lowest BCUT2D eigenvalue weighted by atomic mass is 10.0. The van der Waals surface area contributed by atoms with Gasteiger partial charge in [-0.2, -0.15) is 5.26 Å². The first-order valence-electron chi connectivity index (χ1n) is 13.1. The molecule has 0 aliphatic rings. The van der Waals surface area contributed by atoms with Crippen molar-refractivity contribution in [2.45, 2.75) is 19.1 Å². The van der Waals surface area contributed by atoms with E-state index in [1.54, 1.807) is 31.4 Å². The summed E-state index contributed by atoms with van der Waals surface area (Å²) in [5.74, 6) is 0.947. The molecule has 7 nitrogen and oxygen atoms in total. The van der Waals surface area contributed by atoms with Gasteiger partial charge in [0, 0.05) is 29.3 Å². The number of nitrogens with zero attached hydrogens (tertiary/aromatic N) is 1. The standard InChI is InChI=1S/C33H30N4O3/c1-39-31-19-25(13-16-30(31)40-22-24-7-3-2-4-8-24)32(37-27-14-11-23(20-34)12-15-27)33(38)35-18-17-26-21-36-29-10-6-5-9-28(26)29/h2-16,19,21,32,36-37H,17-18,22H2,1H3,(H,35,38)/t32-/m1/s1. The van der Waals surface area contributed by atoms with Crippen LogP contribution in [0, 0.1) is 11.3 Å². The van der Waals surface area contributed by atoms with Crippen LogP contribution >= 0.6 is 0 Å². The SMILES string of the molecule is COc1cc([C@@H](Nc2ccc(C#N)cc2)C(=O)NCCc2c[nH]c3ccccc23)ccc1OCc1ccccc1. The molecule has 0 aliphatic heterocycles. The number of ether oxygens (including phenoxy) is 2. The minimum absolute atomic E-state index is 0.177. The number of nitrogens with one attached hydrogen (secondary N) is 3. The molecule has 0 radical (unpaired) electrons. The highest BCUT2D eigenvalue weighted by Crippen LogP contribution is 2.32. The Bertz CT molecular complexity index is 1620. The van der Waals surface area contributed by atoms with E-state index in [0.717, 1.165) is 33.3 Å². The predicted octanol–water partition coefficient (Wildman–Crippen LogP) is 6.14. The molecule has 1 heterocycles. The maximum Gasteiger partial charge on any atom is 0.247 e. The molecule has 0 saturated carbocycles. The van der Waals surface area contributed by atoms with Crippen molar-refractivity contribution in [3.8, 4) is 17.6 Å². The number of aromatic amines is 1. The molecule has 1 aromatic heterocycles. The molecule has 40 heavy (non-hydrogen) atoms. The van der Waals surface area contributed by atoms with Crippen LogP contribution in [0.3, 0.4) is 0 Å². The van der Waals surface area contributed by atoms with Gasteiger partial charge in [-0.3, -0.25) is 4.79 Å². The summed E-state index contributed by atoms with van der Waals surface area (Å²) in [6, 6.07) is 32.0. The van der Waals surface area contributed by atoms with Crippen molar-refractivity contribution in [3.05, 3.63) is 126 Å². The number of benzene rings is 4. The number of anilines is 1. The second kappa shape index (κ2) is 12.5. The molecule has 0 spiro atoms. The van der Waals surface area contributed by atoms with Crippen molar-refractivity contribution >= 4 is 22.5 Å². The topological polar surface area (TPSA) is 99.2 Å². The van der Waals surface area contributed by atoms with Gasteiger partial charge in [-0.15, -0.1) is 0 Å². The first kappa shape index (κ1) is 26.4. The number of hydrogen-bond acceptors (Lipinski definition) is 5. The second-order valence-corrected chi connectivity index (χ2v) is 9.35. The Morgan fingerprint density at radius 3 is 2.50 bits per heavy atom. The lowest BCUT2D eigenvalue weighted by Crippen LogP contribution is -2.34. The highest BCUT2D eigenvalue weighted by molar-refractivity contribution is 5.87. The van der Waals surface area contributed by atoms with E-state index in [1.165, 1.54) is 0 Å². The van der Waals surface area contributed by atoms with Crippen LogP contribution in [0.4, 0.5) is 5.69 Å². The Balaban J connectivity index is 1.34. The quantitative estimate of drug-likeness (QED) is 0.191. The van der Waals surface area contributed by atoms with Gasteiger partial charge in [0.1, 0.15) is 12.6 Å². The molecule has 7 heteroatoms. The summed E-state index contributed by atoms with van der Waals surface area (Å²) in [7, 11) is 1.58. The van der Waals surface area contributed by atoms with Gasteiger partial charge >= 0.3 is 0 Å². The van der Waals surface area contributed by atoms with Gasteiger partial charge in [-0.05, 0) is 65.6 Å². The molecular formula is C33H30N4O3. The van der Waals surface area contributed by atoms with Crippen LogP contribution < -0.4 is 20.1 Å². The maximum absolute atomic E-state index is 13.6. The molecule has 0 bridgehead atoms. The van der Waals surface area contributed by atoms with E-state index in [4.69, 9.17) is 14.7 Å². The van der Waals surface area contributed by atoms with Crippen LogP contribution in [0.15, 0.2) is 103 Å². The van der Waals surface area contributed by atoms with Crippen LogP contribution in [-0.4, -0.2) is 24.5 Å². The average molecular weight is 531 g/mol. The van der Waals surface area contributed by atoms with E-state index in [9.17, 15) is 4.79 Å². The van der Waals surface area contributed by atoms with E-state index >= 15 is 0 Å². The first-order chi connectivity index (χ1) is 19.6. The molecule has 200 valence electrons. The summed E-state index contributed by atoms with van der Waals surface area (Å²) >= 11 is 0. The Labute approximate surface area is 233 Å². The molecule has 0 saturated heterocycles. The van der Waals surface area contributed by atoms with Gasteiger partial charge in [0.25, 0.3) is 0 Å². The normalized spacial score (nSPS) is 11.4. The number of carbonyl (C=O) groups excluding carboxylic acids is 1. The Kier molecular flexibility index (Phi) is 8.28. The smallest absolute Gasteiger partial charge is 0.247 e. The summed E-state index contributed by atoms with van der Waals surface area (Å²) in [6.45, 7) is 0.874. The van der Waals surface area contributed by atoms with Crippen LogP contribution in [0.2, 0.25) is 0 Å². The highest BCUT2D eigenvalue weighted by Gasteiger charge is 2.22. The summed E-state index contributed by atoms with van der Waals surface area (Å²) in [6.07, 6.45) is 2.68. The number of para-hydroxylation sites is 1. The fourth-order valence-electron chi connectivity index (χ4n) is 4.59. The van der Waals surface area contributed by atoms with Gasteiger partial charge in [-0.1, -0.05) is 54.6 Å². The number of fused-ring (bicyclic) bond motifs is 1. The van der Waals surface area contributed by atoms with E-state index in [2.05, 4.69) is 27.8 Å². The second-order valence-electron chi connectivity index (χ2n) is 9.35. The summed E-state index contributed by atoms with van der Waals surface area (Å²) in [5.41, 5.74) is 5.26. The first-order valence-corrected chi connectivity index (χ1v) is 13.1. The van der Waals surface area contributed by atoms with Gasteiger partial charge in [0.15, 0.2) is 11.5 Å². The van der Waals surface area contributed by atoms with E-state index < -0.39 is 6.04 Å². The molecule has 5 rings (SSSR count). The number of aromatic nitrogens is 1. The van der Waals surface area contributed by atoms with Gasteiger partial charge < -0.3 is 25.1 Å². The van der Waals surface area contributed by atoms with Gasteiger partial charge in [0.05, 0.1) is 18.7 Å². The number of amides is 1. The third-order valence-corrected chi connectivity index (χ3v) is 6.71. The van der Waals surface area contributed by atoms with Crippen molar-refractivity contribution in [2.75, 3.05) is 19.0 Å². The minimum atomic E-state index is -0.701. The summed E-state index contributed by atoms with van der Waals surface area (Å²) < 4.78 is 11.6. The zero-order valence-corrected chi connectivity index (χ0v) is 22.2. The monoisotopic (exact) mass is 530 g/mol. The third-order valence-electron chi connectivity index (χ3n) is 6.71. The number of nitriles is 1. The molecule has 1 atom stereocenters. The molecule has 3 N–H and O–H groups in total. The molecular weight excluding hydrogens is 500 g/mol. The Morgan fingerprint density at radius 2 is 1.73 bits per heavy atom. The average Bonchev–Trinajstić information content (AvgIpc) is 3.42. The van der Waals surface area contributed by atoms with Crippen LogP contribution in [0.5, 0.6) is 11.5 Å². The van der Waals surface area contributed by atoms with E-state index in [-0.39, 0.29) is 5.91 Å². The van der Waals surface area contributed by atoms with Gasteiger partial charge in [-0.25, -0.2) is 0 Å². The fraction of sp³-hybridized carbons (Fsp3) is 0.152. The highest BCUT2D eigenvalue weighted by atomic mass is 16.5. The van der Waals surface area contributed by atoms with Crippen LogP contribution in [0.1, 0.15) is 28.3 Å². The van der Waals surface area contributed by atoms with Crippen molar-refractivity contribution in [1.82, 2.24) is 10.3 Å². The summed E-state index contributed by atoms with van der Waals surface area (Å²) in [5, 5.41) is 16.7. The zero-order chi connectivity index (χ0) is 27.7. The lowest BCUT2D eigenvalue weighted by Gasteiger charge is -2.21. The molecule has 5 aromatic rings. The van der Waals surface area contributed by atoms with Gasteiger partial charge in [0.2, 0.25) is 5.91 Å². The largest absolute Gasteiger partial charge is 0.493 e. The Hall–Kier alpha value is -5.22. The molecule has 4 aromatic carbocycles. The van der Waals surface area contributed by atoms with Crippen LogP contribution in [-0.2, 0) is 17.8 Å². The summed E-state index contributed by atoms with van der Waals surface area (Å²) in [4.78, 5) is 16.8. The van der Waals surface area contributed by atoms with Crippen LogP contribution in [0.25, 0.3) is 10.9 Å². The zero-order valence-electron chi connectivity index (χ0n) is 22.2. The number of methoxy groups -OCH3 is 1. The van der Waals surface area contributed by atoms with E-state index in [1.807, 2.05) is 72.9 Å². The molecule has 0 aliphatic carbocycles. The number of hydrogen-bond donors (Lipinski definition) is 3. The van der Waals surface area contributed by atoms with Crippen molar-refractivity contribution in [1.29, 1.82) is 5.26 Å². The Morgan fingerprint density at radius 1 is 0.950 bits per heavy atom. The molecule has 0 unspecified atom stereocenters. The fourth-order valence-corrected chi connectivity index (χ4v) is 4.59. The minimum Gasteiger partial charge on any atom is -0.493 e. The molecule has 0 fully saturated rings. The lowest BCUT2D eigenvalue weighted by molar-refractivity contribution is -0.121. The predicted molar refractivity (Wildman–Crippen MR) is 156 cm³/mol. The van der Waals surface area contributed by atoms with E-state index in [0.29, 0.717) is 36.6 Å².